The maximum atomic E-state index is 11.4. The van der Waals surface area contributed by atoms with Gasteiger partial charge in [-0.1, -0.05) is 29.4 Å². The zero-order chi connectivity index (χ0) is 13.0. The minimum atomic E-state index is -0.500. The van der Waals surface area contributed by atoms with Crippen LogP contribution in [-0.2, 0) is 11.3 Å². The third-order valence-electron chi connectivity index (χ3n) is 2.42. The summed E-state index contributed by atoms with van der Waals surface area (Å²) in [5.41, 5.74) is 1.75. The molecule has 1 aromatic heterocycles. The molecule has 0 bridgehead atoms. The van der Waals surface area contributed by atoms with Gasteiger partial charge in [-0.2, -0.15) is 0 Å². The summed E-state index contributed by atoms with van der Waals surface area (Å²) >= 11 is 0. The minimum absolute atomic E-state index is 0.00917. The van der Waals surface area contributed by atoms with Gasteiger partial charge >= 0.3 is 5.97 Å². The van der Waals surface area contributed by atoms with Gasteiger partial charge in [0.25, 0.3) is 0 Å². The van der Waals surface area contributed by atoms with Crippen LogP contribution < -0.4 is 0 Å². The fourth-order valence-corrected chi connectivity index (χ4v) is 1.49. The first-order valence-electron chi connectivity index (χ1n) is 5.58. The van der Waals surface area contributed by atoms with Crippen molar-refractivity contribution in [3.05, 3.63) is 41.6 Å². The highest BCUT2D eigenvalue weighted by molar-refractivity contribution is 5.88. The van der Waals surface area contributed by atoms with E-state index in [1.807, 2.05) is 0 Å². The first-order valence-corrected chi connectivity index (χ1v) is 5.58. The van der Waals surface area contributed by atoms with Gasteiger partial charge in [-0.3, -0.25) is 0 Å². The van der Waals surface area contributed by atoms with E-state index in [1.54, 1.807) is 31.2 Å². The summed E-state index contributed by atoms with van der Waals surface area (Å²) in [4.78, 5) is 11.4. The second-order valence-electron chi connectivity index (χ2n) is 3.65. The van der Waals surface area contributed by atoms with Crippen LogP contribution in [0.1, 0.15) is 23.0 Å². The molecule has 0 unspecified atom stereocenters. The number of aliphatic hydroxyl groups excluding tert-OH is 1. The van der Waals surface area contributed by atoms with Gasteiger partial charge in [0, 0.05) is 11.6 Å². The monoisotopic (exact) mass is 247 g/mol. The van der Waals surface area contributed by atoms with Crippen LogP contribution >= 0.6 is 0 Å². The van der Waals surface area contributed by atoms with Crippen LogP contribution in [0.25, 0.3) is 11.3 Å². The van der Waals surface area contributed by atoms with E-state index in [9.17, 15) is 4.79 Å². The van der Waals surface area contributed by atoms with E-state index in [0.29, 0.717) is 12.4 Å². The summed E-state index contributed by atoms with van der Waals surface area (Å²) in [6.07, 6.45) is 0. The molecule has 0 aliphatic carbocycles. The highest BCUT2D eigenvalue weighted by Gasteiger charge is 2.14. The van der Waals surface area contributed by atoms with Gasteiger partial charge in [0.1, 0.15) is 0 Å². The number of carbonyl (C=O) groups is 1. The Balaban J connectivity index is 2.20. The van der Waals surface area contributed by atoms with E-state index in [2.05, 4.69) is 5.16 Å². The Labute approximate surface area is 104 Å². The summed E-state index contributed by atoms with van der Waals surface area (Å²) < 4.78 is 9.90. The van der Waals surface area contributed by atoms with E-state index >= 15 is 0 Å². The first-order chi connectivity index (χ1) is 8.74. The number of hydrogen-bond acceptors (Lipinski definition) is 5. The van der Waals surface area contributed by atoms with E-state index in [1.165, 1.54) is 6.07 Å². The van der Waals surface area contributed by atoms with Crippen molar-refractivity contribution in [3.8, 4) is 11.3 Å². The fourth-order valence-electron chi connectivity index (χ4n) is 1.49. The van der Waals surface area contributed by atoms with Crippen molar-refractivity contribution in [1.82, 2.24) is 5.16 Å². The van der Waals surface area contributed by atoms with E-state index in [4.69, 9.17) is 14.4 Å². The average Bonchev–Trinajstić information content (AvgIpc) is 2.89. The number of aliphatic hydroxyl groups is 1. The molecular weight excluding hydrogens is 234 g/mol. The quantitative estimate of drug-likeness (QED) is 0.837. The van der Waals surface area contributed by atoms with Gasteiger partial charge in [-0.25, -0.2) is 4.79 Å². The van der Waals surface area contributed by atoms with Gasteiger partial charge in [0.15, 0.2) is 11.5 Å². The minimum Gasteiger partial charge on any atom is -0.461 e. The zero-order valence-electron chi connectivity index (χ0n) is 9.92. The maximum absolute atomic E-state index is 11.4. The number of hydrogen-bond donors (Lipinski definition) is 1. The van der Waals surface area contributed by atoms with Crippen molar-refractivity contribution in [2.45, 2.75) is 13.5 Å². The van der Waals surface area contributed by atoms with Crippen molar-refractivity contribution >= 4 is 5.97 Å². The van der Waals surface area contributed by atoms with Crippen LogP contribution in [0.3, 0.4) is 0 Å². The largest absolute Gasteiger partial charge is 0.461 e. The standard InChI is InChI=1S/C13H13NO4/c1-2-17-13(16)11-7-12(18-14-11)10-5-3-9(8-15)4-6-10/h3-7,15H,2,8H2,1H3. The predicted octanol–water partition coefficient (Wildman–Crippen LogP) is 2.01. The predicted molar refractivity (Wildman–Crippen MR) is 63.8 cm³/mol. The number of ether oxygens (including phenoxy) is 1. The Morgan fingerprint density at radius 3 is 2.72 bits per heavy atom. The van der Waals surface area contributed by atoms with Crippen LogP contribution in [0.5, 0.6) is 0 Å². The fraction of sp³-hybridized carbons (Fsp3) is 0.231. The summed E-state index contributed by atoms with van der Waals surface area (Å²) in [5.74, 6) is -0.0120. The molecule has 0 aliphatic heterocycles. The lowest BCUT2D eigenvalue weighted by atomic mass is 10.1. The van der Waals surface area contributed by atoms with Crippen molar-refractivity contribution < 1.29 is 19.2 Å². The molecule has 0 radical (unpaired) electrons. The van der Waals surface area contributed by atoms with Crippen molar-refractivity contribution in [1.29, 1.82) is 0 Å². The topological polar surface area (TPSA) is 72.6 Å². The summed E-state index contributed by atoms with van der Waals surface area (Å²) in [7, 11) is 0. The smallest absolute Gasteiger partial charge is 0.360 e. The summed E-state index contributed by atoms with van der Waals surface area (Å²) in [6.45, 7) is 2.02. The van der Waals surface area contributed by atoms with E-state index in [0.717, 1.165) is 11.1 Å². The number of esters is 1. The molecule has 0 saturated carbocycles. The molecule has 94 valence electrons. The van der Waals surface area contributed by atoms with Crippen LogP contribution in [0, 0.1) is 0 Å². The molecule has 1 heterocycles. The zero-order valence-corrected chi connectivity index (χ0v) is 9.92. The molecule has 1 aromatic carbocycles. The third kappa shape index (κ3) is 2.57. The molecule has 5 heteroatoms. The second-order valence-corrected chi connectivity index (χ2v) is 3.65. The molecule has 5 nitrogen and oxygen atoms in total. The highest BCUT2D eigenvalue weighted by atomic mass is 16.5. The lowest BCUT2D eigenvalue weighted by Crippen LogP contribution is -2.04. The van der Waals surface area contributed by atoms with E-state index < -0.39 is 5.97 Å². The third-order valence-corrected chi connectivity index (χ3v) is 2.42. The van der Waals surface area contributed by atoms with Crippen LogP contribution in [0.2, 0.25) is 0 Å². The second kappa shape index (κ2) is 5.46. The molecule has 1 N–H and O–H groups in total. The molecular formula is C13H13NO4. The summed E-state index contributed by atoms with van der Waals surface area (Å²) in [5, 5.41) is 12.6. The molecule has 0 atom stereocenters. The molecule has 2 aromatic rings. The Morgan fingerprint density at radius 1 is 1.39 bits per heavy atom. The SMILES string of the molecule is CCOC(=O)c1cc(-c2ccc(CO)cc2)on1. The normalized spacial score (nSPS) is 10.3. The van der Waals surface area contributed by atoms with Gasteiger partial charge < -0.3 is 14.4 Å². The lowest BCUT2D eigenvalue weighted by molar-refractivity contribution is 0.0514. The molecule has 18 heavy (non-hydrogen) atoms. The van der Waals surface area contributed by atoms with Crippen LogP contribution in [0.4, 0.5) is 0 Å². The Hall–Kier alpha value is -2.14. The number of aromatic nitrogens is 1. The average molecular weight is 247 g/mol. The van der Waals surface area contributed by atoms with Crippen molar-refractivity contribution in [2.75, 3.05) is 6.61 Å². The van der Waals surface area contributed by atoms with Gasteiger partial charge in [-0.05, 0) is 12.5 Å². The molecule has 0 saturated heterocycles. The Bertz CT molecular complexity index is 530. The lowest BCUT2D eigenvalue weighted by Gasteiger charge is -1.97. The van der Waals surface area contributed by atoms with Crippen LogP contribution in [-0.4, -0.2) is 22.8 Å². The Kier molecular flexibility index (Phi) is 3.74. The van der Waals surface area contributed by atoms with Crippen molar-refractivity contribution in [3.63, 3.8) is 0 Å². The number of carbonyl (C=O) groups excluding carboxylic acids is 1. The van der Waals surface area contributed by atoms with E-state index in [-0.39, 0.29) is 12.3 Å². The van der Waals surface area contributed by atoms with Gasteiger partial charge in [-0.15, -0.1) is 0 Å². The molecule has 0 spiro atoms. The maximum Gasteiger partial charge on any atom is 0.360 e. The van der Waals surface area contributed by atoms with Gasteiger partial charge in [0.2, 0.25) is 0 Å². The highest BCUT2D eigenvalue weighted by Crippen LogP contribution is 2.21. The molecule has 0 fully saturated rings. The molecule has 0 amide bonds. The number of rotatable bonds is 4. The molecule has 2 rings (SSSR count). The van der Waals surface area contributed by atoms with Gasteiger partial charge in [0.05, 0.1) is 13.2 Å². The number of benzene rings is 1. The molecule has 0 aliphatic rings. The summed E-state index contributed by atoms with van der Waals surface area (Å²) in [6, 6.07) is 8.68. The van der Waals surface area contributed by atoms with Crippen molar-refractivity contribution in [2.24, 2.45) is 0 Å². The Morgan fingerprint density at radius 2 is 2.11 bits per heavy atom. The first kappa shape index (κ1) is 12.3. The van der Waals surface area contributed by atoms with Crippen LogP contribution in [0.15, 0.2) is 34.9 Å². The number of nitrogens with zero attached hydrogens (tertiary/aromatic N) is 1.